The van der Waals surface area contributed by atoms with Gasteiger partial charge >= 0.3 is 0 Å². The van der Waals surface area contributed by atoms with Crippen molar-refractivity contribution in [2.24, 2.45) is 5.11 Å². The van der Waals surface area contributed by atoms with Crippen LogP contribution in [0.15, 0.2) is 35.4 Å². The number of azide groups is 1. The molecule has 17 heavy (non-hydrogen) atoms. The van der Waals surface area contributed by atoms with E-state index in [0.717, 1.165) is 5.56 Å². The molecule has 1 aromatic rings. The predicted molar refractivity (Wildman–Crippen MR) is 60.0 cm³/mol. The minimum absolute atomic E-state index is 0.102. The van der Waals surface area contributed by atoms with Crippen LogP contribution >= 0.6 is 0 Å². The van der Waals surface area contributed by atoms with Gasteiger partial charge in [0.05, 0.1) is 19.3 Å². The van der Waals surface area contributed by atoms with E-state index in [2.05, 4.69) is 10.0 Å². The molecule has 0 radical (unpaired) electrons. The van der Waals surface area contributed by atoms with Gasteiger partial charge in [-0.1, -0.05) is 35.4 Å². The molecule has 1 aliphatic heterocycles. The number of hydrogen-bond acceptors (Lipinski definition) is 4. The average molecular weight is 235 g/mol. The normalized spacial score (nSPS) is 28.4. The minimum Gasteiger partial charge on any atom is -0.388 e. The van der Waals surface area contributed by atoms with Crippen LogP contribution in [0.4, 0.5) is 0 Å². The first-order valence-corrected chi connectivity index (χ1v) is 5.32. The molecule has 1 heterocycles. The number of benzene rings is 1. The monoisotopic (exact) mass is 235 g/mol. The summed E-state index contributed by atoms with van der Waals surface area (Å²) in [5, 5.41) is 13.0. The van der Waals surface area contributed by atoms with Crippen molar-refractivity contribution < 1.29 is 14.6 Å². The molecule has 1 aromatic carbocycles. The summed E-state index contributed by atoms with van der Waals surface area (Å²) < 4.78 is 10.9. The van der Waals surface area contributed by atoms with E-state index in [1.54, 1.807) is 0 Å². The second kappa shape index (κ2) is 5.65. The molecular weight excluding hydrogens is 222 g/mol. The third-order valence-electron chi connectivity index (χ3n) is 2.54. The van der Waals surface area contributed by atoms with Crippen LogP contribution in [0.25, 0.3) is 10.4 Å². The summed E-state index contributed by atoms with van der Waals surface area (Å²) in [6.07, 6.45) is -1.80. The smallest absolute Gasteiger partial charge is 0.184 e. The molecule has 0 bridgehead atoms. The second-order valence-electron chi connectivity index (χ2n) is 3.73. The molecule has 1 aliphatic rings. The van der Waals surface area contributed by atoms with Crippen LogP contribution in [0.3, 0.4) is 0 Å². The Morgan fingerprint density at radius 3 is 2.88 bits per heavy atom. The third-order valence-corrected chi connectivity index (χ3v) is 2.54. The van der Waals surface area contributed by atoms with Gasteiger partial charge in [-0.2, -0.15) is 0 Å². The summed E-state index contributed by atoms with van der Waals surface area (Å²) in [6.45, 7) is 0.273. The van der Waals surface area contributed by atoms with Gasteiger partial charge < -0.3 is 14.6 Å². The summed E-state index contributed by atoms with van der Waals surface area (Å²) >= 11 is 0. The van der Waals surface area contributed by atoms with Gasteiger partial charge in [-0.15, -0.1) is 0 Å². The molecule has 90 valence electrons. The van der Waals surface area contributed by atoms with Crippen molar-refractivity contribution >= 4 is 0 Å². The molecule has 6 nitrogen and oxygen atoms in total. The van der Waals surface area contributed by atoms with Crippen LogP contribution in [0.5, 0.6) is 0 Å². The van der Waals surface area contributed by atoms with E-state index in [1.807, 2.05) is 30.3 Å². The van der Waals surface area contributed by atoms with E-state index >= 15 is 0 Å². The molecule has 1 fully saturated rings. The molecule has 0 amide bonds. The number of aliphatic hydroxyl groups is 1. The van der Waals surface area contributed by atoms with Crippen molar-refractivity contribution in [1.82, 2.24) is 0 Å². The Labute approximate surface area is 98.4 Å². The van der Waals surface area contributed by atoms with Gasteiger partial charge in [0.25, 0.3) is 0 Å². The van der Waals surface area contributed by atoms with E-state index in [9.17, 15) is 5.11 Å². The van der Waals surface area contributed by atoms with Crippen molar-refractivity contribution in [2.75, 3.05) is 13.2 Å². The van der Waals surface area contributed by atoms with Crippen LogP contribution in [0.1, 0.15) is 11.9 Å². The first kappa shape index (κ1) is 11.9. The molecule has 0 aromatic heterocycles. The lowest BCUT2D eigenvalue weighted by Crippen LogP contribution is -2.42. The van der Waals surface area contributed by atoms with Crippen LogP contribution in [-0.4, -0.2) is 30.5 Å². The molecular formula is C11H13N3O3. The summed E-state index contributed by atoms with van der Waals surface area (Å²) in [4.78, 5) is 2.66. The van der Waals surface area contributed by atoms with Gasteiger partial charge in [-0.05, 0) is 5.53 Å². The molecule has 0 aliphatic carbocycles. The fourth-order valence-electron chi connectivity index (χ4n) is 1.65. The largest absolute Gasteiger partial charge is 0.388 e. The van der Waals surface area contributed by atoms with Gasteiger partial charge in [0.1, 0.15) is 6.10 Å². The van der Waals surface area contributed by atoms with E-state index in [0.29, 0.717) is 0 Å². The highest BCUT2D eigenvalue weighted by molar-refractivity contribution is 5.16. The van der Waals surface area contributed by atoms with Crippen LogP contribution in [0, 0.1) is 0 Å². The quantitative estimate of drug-likeness (QED) is 0.492. The summed E-state index contributed by atoms with van der Waals surface area (Å²) in [7, 11) is 0. The van der Waals surface area contributed by atoms with E-state index in [1.165, 1.54) is 0 Å². The number of ether oxygens (including phenoxy) is 2. The fraction of sp³-hybridized carbons (Fsp3) is 0.455. The van der Waals surface area contributed by atoms with Crippen LogP contribution in [0.2, 0.25) is 0 Å². The zero-order chi connectivity index (χ0) is 12.1. The van der Waals surface area contributed by atoms with E-state index < -0.39 is 18.5 Å². The highest BCUT2D eigenvalue weighted by atomic mass is 16.7. The fourth-order valence-corrected chi connectivity index (χ4v) is 1.65. The lowest BCUT2D eigenvalue weighted by molar-refractivity contribution is -0.253. The first-order chi connectivity index (χ1) is 8.31. The Morgan fingerprint density at radius 2 is 2.18 bits per heavy atom. The van der Waals surface area contributed by atoms with Gasteiger partial charge in [0.15, 0.2) is 6.29 Å². The lowest BCUT2D eigenvalue weighted by Gasteiger charge is -2.33. The van der Waals surface area contributed by atoms with Crippen LogP contribution < -0.4 is 0 Å². The molecule has 3 atom stereocenters. The number of hydrogen-bond donors (Lipinski definition) is 1. The lowest BCUT2D eigenvalue weighted by atomic mass is 10.1. The van der Waals surface area contributed by atoms with Gasteiger partial charge in [0, 0.05) is 10.5 Å². The van der Waals surface area contributed by atoms with Crippen molar-refractivity contribution in [3.05, 3.63) is 46.3 Å². The number of rotatable bonds is 3. The summed E-state index contributed by atoms with van der Waals surface area (Å²) in [6, 6.07) is 9.43. The molecule has 2 rings (SSSR count). The minimum atomic E-state index is -0.763. The van der Waals surface area contributed by atoms with E-state index in [-0.39, 0.29) is 13.2 Å². The molecule has 0 spiro atoms. The zero-order valence-electron chi connectivity index (χ0n) is 9.14. The van der Waals surface area contributed by atoms with Crippen molar-refractivity contribution in [3.8, 4) is 0 Å². The topological polar surface area (TPSA) is 87.5 Å². The maximum absolute atomic E-state index is 9.63. The highest BCUT2D eigenvalue weighted by Gasteiger charge is 2.30. The molecule has 6 heteroatoms. The van der Waals surface area contributed by atoms with Crippen LogP contribution in [-0.2, 0) is 9.47 Å². The Morgan fingerprint density at radius 1 is 1.41 bits per heavy atom. The predicted octanol–water partition coefficient (Wildman–Crippen LogP) is 1.77. The summed E-state index contributed by atoms with van der Waals surface area (Å²) in [5.74, 6) is 0. The average Bonchev–Trinajstić information content (AvgIpc) is 2.39. The van der Waals surface area contributed by atoms with E-state index in [4.69, 9.17) is 15.0 Å². The number of nitrogens with zero attached hydrogens (tertiary/aromatic N) is 3. The zero-order valence-corrected chi connectivity index (χ0v) is 9.14. The SMILES string of the molecule is [N-]=[N+]=NC[C@@H]1O[C@H](c2ccccc2)OC[C@H]1O. The number of aliphatic hydroxyl groups excluding tert-OH is 1. The maximum Gasteiger partial charge on any atom is 0.184 e. The second-order valence-corrected chi connectivity index (χ2v) is 3.73. The van der Waals surface area contributed by atoms with Crippen molar-refractivity contribution in [2.45, 2.75) is 18.5 Å². The van der Waals surface area contributed by atoms with Gasteiger partial charge in [-0.3, -0.25) is 0 Å². The maximum atomic E-state index is 9.63. The standard InChI is InChI=1S/C11H13N3O3/c12-14-13-6-10-9(15)7-16-11(17-10)8-4-2-1-3-5-8/h1-5,9-11,15H,6-7H2/t9-,10+,11-/m1/s1. The van der Waals surface area contributed by atoms with Crippen molar-refractivity contribution in [3.63, 3.8) is 0 Å². The molecule has 0 unspecified atom stereocenters. The first-order valence-electron chi connectivity index (χ1n) is 5.32. The van der Waals surface area contributed by atoms with Gasteiger partial charge in [0.2, 0.25) is 0 Å². The Bertz CT molecular complexity index is 406. The van der Waals surface area contributed by atoms with Crippen molar-refractivity contribution in [1.29, 1.82) is 0 Å². The Balaban J connectivity index is 2.04. The van der Waals surface area contributed by atoms with Gasteiger partial charge in [-0.25, -0.2) is 0 Å². The Hall–Kier alpha value is -1.59. The highest BCUT2D eigenvalue weighted by Crippen LogP contribution is 2.26. The Kier molecular flexibility index (Phi) is 3.95. The molecule has 1 N–H and O–H groups in total. The summed E-state index contributed by atoms with van der Waals surface area (Å²) in [5.41, 5.74) is 9.14. The molecule has 1 saturated heterocycles. The molecule has 0 saturated carbocycles. The third kappa shape index (κ3) is 2.95.